The standard InChI is InChI=1S/C13H15N3.C13H14N2.ClH/c14-11-6-4-10(5-7-11)9-16-13-3-1-2-12(15)8-13;14-12-7-4-8-13(9-12)15-10-11-5-2-1-3-6-11;/h1-8,16H,9,14-15H2;1-9,15H,10,14H2;1H. The number of hydrogen-bond donors (Lipinski definition) is 5. The number of benzene rings is 4. The van der Waals surface area contributed by atoms with Gasteiger partial charge in [-0.2, -0.15) is 0 Å². The highest BCUT2D eigenvalue weighted by Gasteiger charge is 1.95. The fraction of sp³-hybridized carbons (Fsp3) is 0.0769. The molecule has 0 aliphatic rings. The van der Waals surface area contributed by atoms with E-state index in [1.54, 1.807) is 0 Å². The van der Waals surface area contributed by atoms with Gasteiger partial charge in [0.25, 0.3) is 0 Å². The molecule has 0 heterocycles. The summed E-state index contributed by atoms with van der Waals surface area (Å²) in [5, 5.41) is 6.62. The van der Waals surface area contributed by atoms with E-state index in [1.807, 2.05) is 91.0 Å². The van der Waals surface area contributed by atoms with Crippen LogP contribution in [0.4, 0.5) is 28.4 Å². The highest BCUT2D eigenvalue weighted by atomic mass is 35.5. The van der Waals surface area contributed by atoms with Crippen LogP contribution in [0.5, 0.6) is 0 Å². The van der Waals surface area contributed by atoms with Crippen LogP contribution in [-0.4, -0.2) is 0 Å². The molecular formula is C26H30ClN5. The molecule has 0 saturated heterocycles. The first-order valence-electron chi connectivity index (χ1n) is 10.2. The maximum atomic E-state index is 5.69. The average molecular weight is 448 g/mol. The summed E-state index contributed by atoms with van der Waals surface area (Å²) in [5.41, 5.74) is 23.9. The third-order valence-electron chi connectivity index (χ3n) is 4.59. The van der Waals surface area contributed by atoms with Crippen molar-refractivity contribution in [1.29, 1.82) is 0 Å². The third kappa shape index (κ3) is 8.50. The molecule has 0 atom stereocenters. The molecule has 5 nitrogen and oxygen atoms in total. The first kappa shape index (κ1) is 24.4. The van der Waals surface area contributed by atoms with Gasteiger partial charge in [-0.3, -0.25) is 0 Å². The monoisotopic (exact) mass is 447 g/mol. The molecule has 4 rings (SSSR count). The lowest BCUT2D eigenvalue weighted by molar-refractivity contribution is 1.15. The molecule has 0 aromatic heterocycles. The minimum Gasteiger partial charge on any atom is -0.399 e. The van der Waals surface area contributed by atoms with Crippen LogP contribution < -0.4 is 27.8 Å². The molecule has 166 valence electrons. The van der Waals surface area contributed by atoms with Crippen molar-refractivity contribution in [3.8, 4) is 0 Å². The summed E-state index contributed by atoms with van der Waals surface area (Å²) in [6, 6.07) is 33.6. The Morgan fingerprint density at radius 1 is 0.469 bits per heavy atom. The molecular weight excluding hydrogens is 418 g/mol. The van der Waals surface area contributed by atoms with Gasteiger partial charge in [0.2, 0.25) is 0 Å². The van der Waals surface area contributed by atoms with Gasteiger partial charge in [0, 0.05) is 41.5 Å². The maximum absolute atomic E-state index is 5.69. The van der Waals surface area contributed by atoms with Crippen molar-refractivity contribution in [3.63, 3.8) is 0 Å². The van der Waals surface area contributed by atoms with E-state index in [4.69, 9.17) is 17.2 Å². The Balaban J connectivity index is 0.000000220. The molecule has 0 aliphatic carbocycles. The van der Waals surface area contributed by atoms with E-state index in [1.165, 1.54) is 11.1 Å². The number of nitrogens with one attached hydrogen (secondary N) is 2. The zero-order valence-corrected chi connectivity index (χ0v) is 18.7. The first-order valence-corrected chi connectivity index (χ1v) is 10.2. The number of anilines is 5. The quantitative estimate of drug-likeness (QED) is 0.241. The molecule has 8 N–H and O–H groups in total. The van der Waals surface area contributed by atoms with Crippen LogP contribution in [0.2, 0.25) is 0 Å². The minimum absolute atomic E-state index is 0. The minimum atomic E-state index is 0. The number of rotatable bonds is 6. The maximum Gasteiger partial charge on any atom is 0.0400 e. The van der Waals surface area contributed by atoms with Crippen molar-refractivity contribution < 1.29 is 0 Å². The molecule has 0 saturated carbocycles. The summed E-state index contributed by atoms with van der Waals surface area (Å²) < 4.78 is 0. The first-order chi connectivity index (χ1) is 15.1. The smallest absolute Gasteiger partial charge is 0.0400 e. The van der Waals surface area contributed by atoms with Crippen LogP contribution in [0.1, 0.15) is 11.1 Å². The number of nitrogen functional groups attached to an aromatic ring is 3. The highest BCUT2D eigenvalue weighted by Crippen LogP contribution is 2.14. The van der Waals surface area contributed by atoms with Gasteiger partial charge in [0.15, 0.2) is 0 Å². The topological polar surface area (TPSA) is 102 Å². The van der Waals surface area contributed by atoms with Crippen LogP contribution in [0.3, 0.4) is 0 Å². The Hall–Kier alpha value is -3.83. The summed E-state index contributed by atoms with van der Waals surface area (Å²) in [4.78, 5) is 0. The molecule has 6 heteroatoms. The van der Waals surface area contributed by atoms with Crippen LogP contribution in [0.15, 0.2) is 103 Å². The lowest BCUT2D eigenvalue weighted by Gasteiger charge is -2.07. The van der Waals surface area contributed by atoms with Crippen molar-refractivity contribution in [2.24, 2.45) is 0 Å². The Morgan fingerprint density at radius 2 is 0.938 bits per heavy atom. The fourth-order valence-corrected chi connectivity index (χ4v) is 2.94. The van der Waals surface area contributed by atoms with Crippen molar-refractivity contribution >= 4 is 40.8 Å². The van der Waals surface area contributed by atoms with Crippen molar-refractivity contribution in [2.75, 3.05) is 27.8 Å². The molecule has 0 aliphatic heterocycles. The van der Waals surface area contributed by atoms with E-state index in [0.29, 0.717) is 0 Å². The number of nitrogens with two attached hydrogens (primary N) is 3. The third-order valence-corrected chi connectivity index (χ3v) is 4.59. The lowest BCUT2D eigenvalue weighted by Crippen LogP contribution is -2.00. The molecule has 4 aromatic carbocycles. The largest absolute Gasteiger partial charge is 0.399 e. The lowest BCUT2D eigenvalue weighted by atomic mass is 10.2. The second-order valence-electron chi connectivity index (χ2n) is 7.19. The van der Waals surface area contributed by atoms with E-state index in [0.717, 1.165) is 41.5 Å². The van der Waals surface area contributed by atoms with E-state index in [2.05, 4.69) is 22.8 Å². The van der Waals surface area contributed by atoms with Crippen molar-refractivity contribution in [3.05, 3.63) is 114 Å². The normalized spacial score (nSPS) is 9.62. The SMILES string of the molecule is Cl.Nc1ccc(CNc2cccc(N)c2)cc1.Nc1cccc(NCc2ccccc2)c1. The molecule has 0 fully saturated rings. The molecule has 4 aromatic rings. The van der Waals surface area contributed by atoms with Gasteiger partial charge in [-0.1, -0.05) is 54.6 Å². The van der Waals surface area contributed by atoms with Gasteiger partial charge in [0.05, 0.1) is 0 Å². The fourth-order valence-electron chi connectivity index (χ4n) is 2.94. The summed E-state index contributed by atoms with van der Waals surface area (Å²) in [6.45, 7) is 1.59. The zero-order valence-electron chi connectivity index (χ0n) is 17.9. The van der Waals surface area contributed by atoms with Crippen LogP contribution in [0.25, 0.3) is 0 Å². The Morgan fingerprint density at radius 3 is 1.41 bits per heavy atom. The number of halogens is 1. The Bertz CT molecular complexity index is 1070. The van der Waals surface area contributed by atoms with Crippen LogP contribution >= 0.6 is 12.4 Å². The Kier molecular flexibility index (Phi) is 9.75. The predicted octanol–water partition coefficient (Wildman–Crippen LogP) is 5.77. The summed E-state index contributed by atoms with van der Waals surface area (Å²) >= 11 is 0. The van der Waals surface area contributed by atoms with Gasteiger partial charge >= 0.3 is 0 Å². The highest BCUT2D eigenvalue weighted by molar-refractivity contribution is 5.85. The molecule has 0 spiro atoms. The summed E-state index contributed by atoms with van der Waals surface area (Å²) in [7, 11) is 0. The van der Waals surface area contributed by atoms with Gasteiger partial charge in [-0.05, 0) is 59.7 Å². The van der Waals surface area contributed by atoms with E-state index in [-0.39, 0.29) is 12.4 Å². The zero-order chi connectivity index (χ0) is 21.9. The van der Waals surface area contributed by atoms with Gasteiger partial charge in [-0.25, -0.2) is 0 Å². The predicted molar refractivity (Wildman–Crippen MR) is 141 cm³/mol. The van der Waals surface area contributed by atoms with Crippen LogP contribution in [-0.2, 0) is 13.1 Å². The Labute approximate surface area is 196 Å². The van der Waals surface area contributed by atoms with E-state index >= 15 is 0 Å². The van der Waals surface area contributed by atoms with Gasteiger partial charge in [0.1, 0.15) is 0 Å². The molecule has 0 unspecified atom stereocenters. The van der Waals surface area contributed by atoms with Crippen molar-refractivity contribution in [2.45, 2.75) is 13.1 Å². The second kappa shape index (κ2) is 12.8. The molecule has 0 radical (unpaired) electrons. The molecule has 32 heavy (non-hydrogen) atoms. The van der Waals surface area contributed by atoms with Gasteiger partial charge in [-0.15, -0.1) is 12.4 Å². The van der Waals surface area contributed by atoms with Gasteiger partial charge < -0.3 is 27.8 Å². The summed E-state index contributed by atoms with van der Waals surface area (Å²) in [6.07, 6.45) is 0. The second-order valence-corrected chi connectivity index (χ2v) is 7.19. The number of hydrogen-bond acceptors (Lipinski definition) is 5. The average Bonchev–Trinajstić information content (AvgIpc) is 2.79. The van der Waals surface area contributed by atoms with Crippen LogP contribution in [0, 0.1) is 0 Å². The summed E-state index contributed by atoms with van der Waals surface area (Å²) in [5.74, 6) is 0. The molecule has 0 amide bonds. The van der Waals surface area contributed by atoms with E-state index in [9.17, 15) is 0 Å². The van der Waals surface area contributed by atoms with E-state index < -0.39 is 0 Å². The molecule has 0 bridgehead atoms. The van der Waals surface area contributed by atoms with Crippen molar-refractivity contribution in [1.82, 2.24) is 0 Å².